The van der Waals surface area contributed by atoms with Crippen LogP contribution in [-0.2, 0) is 10.8 Å². The minimum atomic E-state index is -0.533. The molecule has 0 saturated carbocycles. The van der Waals surface area contributed by atoms with E-state index in [-0.39, 0.29) is 0 Å². The first-order valence-electron chi connectivity index (χ1n) is 19.3. The number of fused-ring (bicyclic) bond motifs is 21. The third-order valence-corrected chi connectivity index (χ3v) is 13.1. The van der Waals surface area contributed by atoms with Crippen molar-refractivity contribution in [3.8, 4) is 56.0 Å². The Morgan fingerprint density at radius 3 is 1.47 bits per heavy atom. The SMILES string of the molecule is c1ccc2c(c1)Oc1ccc(-c3cccc4c3C3(c5ccccc5-4)c4ccccc4-c4ccc5ccccc5c43)cc1C21c2ccccc2-c2ccccc21. The molecular weight excluding hydrogens is 665 g/mol. The summed E-state index contributed by atoms with van der Waals surface area (Å²) in [6, 6.07) is 72.4. The molecule has 1 heterocycles. The van der Waals surface area contributed by atoms with E-state index in [1.165, 1.54) is 99.8 Å². The molecule has 4 aliphatic rings. The van der Waals surface area contributed by atoms with Gasteiger partial charge in [0.25, 0.3) is 0 Å². The van der Waals surface area contributed by atoms with Crippen LogP contribution in [-0.4, -0.2) is 0 Å². The Morgan fingerprint density at radius 1 is 0.291 bits per heavy atom. The monoisotopic (exact) mass is 696 g/mol. The minimum Gasteiger partial charge on any atom is -0.457 e. The Morgan fingerprint density at radius 2 is 0.782 bits per heavy atom. The van der Waals surface area contributed by atoms with Crippen molar-refractivity contribution in [2.75, 3.05) is 0 Å². The molecule has 0 amide bonds. The van der Waals surface area contributed by atoms with E-state index in [0.29, 0.717) is 0 Å². The maximum absolute atomic E-state index is 6.86. The predicted molar refractivity (Wildman–Crippen MR) is 223 cm³/mol. The van der Waals surface area contributed by atoms with Crippen molar-refractivity contribution in [2.45, 2.75) is 10.8 Å². The second-order valence-corrected chi connectivity index (χ2v) is 15.4. The summed E-state index contributed by atoms with van der Waals surface area (Å²) in [5.74, 6) is 1.82. The fourth-order valence-corrected chi connectivity index (χ4v) is 11.2. The van der Waals surface area contributed by atoms with Gasteiger partial charge in [-0.25, -0.2) is 0 Å². The van der Waals surface area contributed by atoms with Crippen LogP contribution in [0.4, 0.5) is 0 Å². The first-order valence-corrected chi connectivity index (χ1v) is 19.3. The largest absolute Gasteiger partial charge is 0.457 e. The lowest BCUT2D eigenvalue weighted by Crippen LogP contribution is -2.32. The fourth-order valence-electron chi connectivity index (χ4n) is 11.2. The summed E-state index contributed by atoms with van der Waals surface area (Å²) in [4.78, 5) is 0. The van der Waals surface area contributed by atoms with Crippen molar-refractivity contribution in [3.05, 3.63) is 239 Å². The van der Waals surface area contributed by atoms with E-state index in [9.17, 15) is 0 Å². The number of benzene rings is 9. The van der Waals surface area contributed by atoms with E-state index in [4.69, 9.17) is 4.74 Å². The minimum absolute atomic E-state index is 0.501. The van der Waals surface area contributed by atoms with E-state index < -0.39 is 10.8 Å². The van der Waals surface area contributed by atoms with E-state index in [1.54, 1.807) is 0 Å². The Labute approximate surface area is 319 Å². The first kappa shape index (κ1) is 29.5. The highest BCUT2D eigenvalue weighted by atomic mass is 16.5. The van der Waals surface area contributed by atoms with Gasteiger partial charge >= 0.3 is 0 Å². The van der Waals surface area contributed by atoms with Gasteiger partial charge in [-0.1, -0.05) is 176 Å². The van der Waals surface area contributed by atoms with Gasteiger partial charge in [0.1, 0.15) is 11.5 Å². The zero-order valence-corrected chi connectivity index (χ0v) is 29.9. The number of rotatable bonds is 1. The van der Waals surface area contributed by atoms with Gasteiger partial charge in [-0.15, -0.1) is 0 Å². The van der Waals surface area contributed by atoms with Gasteiger partial charge in [-0.3, -0.25) is 0 Å². The highest BCUT2D eigenvalue weighted by Crippen LogP contribution is 2.67. The molecule has 1 atom stereocenters. The molecular formula is C54H32O. The molecule has 0 bridgehead atoms. The standard InChI is InChI=1S/C54H32O/c1-2-15-35-33(14-1)28-30-42-40-19-6-10-25-46(40)54(51(35)42)45-24-9-5-18-39(45)41-21-13-20-36(52(41)54)34-29-31-50-48(32-34)53(47-26-11-12-27-49(47)55-50)43-22-7-3-16-37(43)38-17-4-8-23-44(38)53/h1-32H. The highest BCUT2D eigenvalue weighted by molar-refractivity contribution is 6.05. The average molecular weight is 697 g/mol. The lowest BCUT2D eigenvalue weighted by atomic mass is 9.65. The Balaban J connectivity index is 1.16. The Kier molecular flexibility index (Phi) is 5.56. The van der Waals surface area contributed by atoms with Gasteiger partial charge in [0.15, 0.2) is 0 Å². The van der Waals surface area contributed by atoms with Crippen molar-refractivity contribution in [3.63, 3.8) is 0 Å². The summed E-state index contributed by atoms with van der Waals surface area (Å²) < 4.78 is 6.86. The van der Waals surface area contributed by atoms with Crippen LogP contribution in [0.1, 0.15) is 44.5 Å². The molecule has 9 aromatic rings. The molecule has 254 valence electrons. The smallest absolute Gasteiger partial charge is 0.132 e. The topological polar surface area (TPSA) is 9.23 Å². The second kappa shape index (κ2) is 10.4. The molecule has 2 spiro atoms. The van der Waals surface area contributed by atoms with Crippen LogP contribution in [0.3, 0.4) is 0 Å². The molecule has 1 unspecified atom stereocenters. The van der Waals surface area contributed by atoms with E-state index >= 15 is 0 Å². The molecule has 0 aromatic heterocycles. The third kappa shape index (κ3) is 3.42. The van der Waals surface area contributed by atoms with E-state index in [1.807, 2.05) is 0 Å². The van der Waals surface area contributed by atoms with Gasteiger partial charge in [0.05, 0.1) is 10.8 Å². The van der Waals surface area contributed by atoms with Gasteiger partial charge in [0, 0.05) is 11.1 Å². The van der Waals surface area contributed by atoms with E-state index in [2.05, 4.69) is 194 Å². The van der Waals surface area contributed by atoms with Crippen LogP contribution in [0.2, 0.25) is 0 Å². The van der Waals surface area contributed by atoms with E-state index in [0.717, 1.165) is 11.5 Å². The average Bonchev–Trinajstić information content (AvgIpc) is 3.84. The summed E-state index contributed by atoms with van der Waals surface area (Å²) in [5, 5.41) is 2.57. The quantitative estimate of drug-likeness (QED) is 0.166. The van der Waals surface area contributed by atoms with Crippen molar-refractivity contribution >= 4 is 10.8 Å². The molecule has 3 aliphatic carbocycles. The van der Waals surface area contributed by atoms with Crippen LogP contribution >= 0.6 is 0 Å². The van der Waals surface area contributed by atoms with Gasteiger partial charge < -0.3 is 4.74 Å². The van der Waals surface area contributed by atoms with Crippen molar-refractivity contribution in [1.29, 1.82) is 0 Å². The molecule has 9 aromatic carbocycles. The summed E-state index contributed by atoms with van der Waals surface area (Å²) in [6.07, 6.45) is 0. The zero-order valence-electron chi connectivity index (χ0n) is 29.9. The van der Waals surface area contributed by atoms with Gasteiger partial charge in [-0.05, 0) is 107 Å². The number of hydrogen-bond acceptors (Lipinski definition) is 1. The summed E-state index contributed by atoms with van der Waals surface area (Å²) >= 11 is 0. The first-order chi connectivity index (χ1) is 27.3. The molecule has 1 nitrogen and oxygen atoms in total. The number of hydrogen-bond donors (Lipinski definition) is 0. The molecule has 13 rings (SSSR count). The normalized spacial score (nSPS) is 16.7. The number of para-hydroxylation sites is 1. The van der Waals surface area contributed by atoms with Crippen molar-refractivity contribution < 1.29 is 4.74 Å². The molecule has 0 N–H and O–H groups in total. The van der Waals surface area contributed by atoms with Crippen LogP contribution in [0.25, 0.3) is 55.3 Å². The van der Waals surface area contributed by atoms with Crippen LogP contribution in [0.5, 0.6) is 11.5 Å². The maximum Gasteiger partial charge on any atom is 0.132 e. The summed E-state index contributed by atoms with van der Waals surface area (Å²) in [7, 11) is 0. The third-order valence-electron chi connectivity index (χ3n) is 13.1. The highest BCUT2D eigenvalue weighted by Gasteiger charge is 2.54. The lowest BCUT2D eigenvalue weighted by Gasteiger charge is -2.39. The number of ether oxygens (including phenoxy) is 1. The second-order valence-electron chi connectivity index (χ2n) is 15.4. The molecule has 0 radical (unpaired) electrons. The van der Waals surface area contributed by atoms with Crippen molar-refractivity contribution in [2.24, 2.45) is 0 Å². The van der Waals surface area contributed by atoms with Crippen LogP contribution in [0, 0.1) is 0 Å². The van der Waals surface area contributed by atoms with Crippen LogP contribution in [0.15, 0.2) is 194 Å². The summed E-state index contributed by atoms with van der Waals surface area (Å²) in [5.41, 5.74) is 19.6. The molecule has 1 aliphatic heterocycles. The zero-order chi connectivity index (χ0) is 35.9. The maximum atomic E-state index is 6.86. The molecule has 55 heavy (non-hydrogen) atoms. The lowest BCUT2D eigenvalue weighted by molar-refractivity contribution is 0.436. The fraction of sp³-hybridized carbons (Fsp3) is 0.0370. The summed E-state index contributed by atoms with van der Waals surface area (Å²) in [6.45, 7) is 0. The molecule has 0 saturated heterocycles. The van der Waals surface area contributed by atoms with Gasteiger partial charge in [-0.2, -0.15) is 0 Å². The molecule has 1 heteroatoms. The van der Waals surface area contributed by atoms with Crippen LogP contribution < -0.4 is 4.74 Å². The Hall–Kier alpha value is -6.96. The molecule has 0 fully saturated rings. The predicted octanol–water partition coefficient (Wildman–Crippen LogP) is 13.3. The Bertz CT molecular complexity index is 3090. The van der Waals surface area contributed by atoms with Crippen molar-refractivity contribution in [1.82, 2.24) is 0 Å². The van der Waals surface area contributed by atoms with Gasteiger partial charge in [0.2, 0.25) is 0 Å².